The predicted molar refractivity (Wildman–Crippen MR) is 85.9 cm³/mol. The van der Waals surface area contributed by atoms with Gasteiger partial charge in [0.1, 0.15) is 0 Å². The van der Waals surface area contributed by atoms with E-state index in [0.29, 0.717) is 12.1 Å². The first-order valence-electron chi connectivity index (χ1n) is 7.90. The van der Waals surface area contributed by atoms with Crippen molar-refractivity contribution in [3.8, 4) is 0 Å². The van der Waals surface area contributed by atoms with Crippen LogP contribution in [0.4, 0.5) is 0 Å². The fourth-order valence-corrected chi connectivity index (χ4v) is 3.07. The highest BCUT2D eigenvalue weighted by molar-refractivity contribution is 5.97. The van der Waals surface area contributed by atoms with Crippen molar-refractivity contribution >= 4 is 16.9 Å². The second-order valence-electron chi connectivity index (χ2n) is 6.26. The molecular formula is C17H23N3O2. The lowest BCUT2D eigenvalue weighted by Gasteiger charge is -2.33. The number of aryl methyl sites for hydroxylation is 1. The number of rotatable bonds is 3. The fraction of sp³-hybridized carbons (Fsp3) is 0.529. The summed E-state index contributed by atoms with van der Waals surface area (Å²) < 4.78 is 7.83. The number of nitrogens with zero attached hydrogens (tertiary/aromatic N) is 3. The van der Waals surface area contributed by atoms with Gasteiger partial charge in [-0.1, -0.05) is 0 Å². The van der Waals surface area contributed by atoms with E-state index in [2.05, 4.69) is 4.98 Å². The maximum Gasteiger partial charge on any atom is 0.254 e. The Morgan fingerprint density at radius 3 is 3.00 bits per heavy atom. The van der Waals surface area contributed by atoms with Crippen LogP contribution in [-0.2, 0) is 11.8 Å². The third-order valence-corrected chi connectivity index (χ3v) is 4.10. The molecule has 1 aliphatic rings. The number of hydrogen-bond acceptors (Lipinski definition) is 3. The number of aromatic nitrogens is 2. The van der Waals surface area contributed by atoms with E-state index in [1.807, 2.05) is 48.6 Å². The summed E-state index contributed by atoms with van der Waals surface area (Å²) in [6.45, 7) is 5.56. The van der Waals surface area contributed by atoms with Gasteiger partial charge in [0.05, 0.1) is 29.6 Å². The van der Waals surface area contributed by atoms with E-state index in [0.717, 1.165) is 30.4 Å². The summed E-state index contributed by atoms with van der Waals surface area (Å²) in [5.41, 5.74) is 2.60. The van der Waals surface area contributed by atoms with Gasteiger partial charge in [-0.15, -0.1) is 0 Å². The first-order chi connectivity index (χ1) is 10.5. The first-order valence-corrected chi connectivity index (χ1v) is 7.90. The van der Waals surface area contributed by atoms with Gasteiger partial charge in [-0.05, 0) is 44.9 Å². The Hall–Kier alpha value is -1.88. The summed E-state index contributed by atoms with van der Waals surface area (Å²) in [6, 6.07) is 5.73. The number of benzene rings is 1. The molecule has 1 aliphatic heterocycles. The Kier molecular flexibility index (Phi) is 4.16. The number of carbonyl (C=O) groups is 1. The van der Waals surface area contributed by atoms with Gasteiger partial charge in [-0.2, -0.15) is 0 Å². The van der Waals surface area contributed by atoms with E-state index in [9.17, 15) is 4.79 Å². The second-order valence-corrected chi connectivity index (χ2v) is 6.26. The van der Waals surface area contributed by atoms with Crippen LogP contribution in [-0.4, -0.2) is 45.7 Å². The minimum atomic E-state index is 0.0737. The van der Waals surface area contributed by atoms with Crippen molar-refractivity contribution in [3.63, 3.8) is 0 Å². The normalized spacial score (nSPS) is 19.1. The Morgan fingerprint density at radius 2 is 2.23 bits per heavy atom. The largest absolute Gasteiger partial charge is 0.374 e. The molecule has 1 amide bonds. The van der Waals surface area contributed by atoms with E-state index < -0.39 is 0 Å². The highest BCUT2D eigenvalue weighted by Gasteiger charge is 2.25. The minimum Gasteiger partial charge on any atom is -0.374 e. The predicted octanol–water partition coefficient (Wildman–Crippen LogP) is 2.60. The summed E-state index contributed by atoms with van der Waals surface area (Å²) in [5.74, 6) is 0.0737. The number of fused-ring (bicyclic) bond motifs is 1. The number of carbonyl (C=O) groups excluding carboxylic acids is 1. The summed E-state index contributed by atoms with van der Waals surface area (Å²) >= 11 is 0. The standard InChI is InChI=1S/C17H23N3O2/c1-12(2)22-14-5-4-8-20(10-14)17(21)13-6-7-16-15(9-13)18-11-19(16)3/h6-7,9,11-12,14H,4-5,8,10H2,1-3H3. The SMILES string of the molecule is CC(C)OC1CCCN(C(=O)c2ccc3c(c2)ncn3C)C1. The zero-order valence-corrected chi connectivity index (χ0v) is 13.5. The summed E-state index contributed by atoms with van der Waals surface area (Å²) in [6.07, 6.45) is 4.14. The fourth-order valence-electron chi connectivity index (χ4n) is 3.07. The van der Waals surface area contributed by atoms with Gasteiger partial charge in [0.15, 0.2) is 0 Å². The zero-order chi connectivity index (χ0) is 15.7. The molecule has 118 valence electrons. The molecule has 5 nitrogen and oxygen atoms in total. The van der Waals surface area contributed by atoms with Crippen molar-refractivity contribution in [3.05, 3.63) is 30.1 Å². The molecule has 2 heterocycles. The van der Waals surface area contributed by atoms with Gasteiger partial charge in [-0.25, -0.2) is 4.98 Å². The van der Waals surface area contributed by atoms with Gasteiger partial charge in [0.25, 0.3) is 5.91 Å². The Morgan fingerprint density at radius 1 is 1.41 bits per heavy atom. The van der Waals surface area contributed by atoms with Crippen LogP contribution in [0.1, 0.15) is 37.0 Å². The number of ether oxygens (including phenoxy) is 1. The van der Waals surface area contributed by atoms with Crippen LogP contribution < -0.4 is 0 Å². The number of likely N-dealkylation sites (tertiary alicyclic amines) is 1. The Labute approximate surface area is 130 Å². The lowest BCUT2D eigenvalue weighted by Crippen LogP contribution is -2.43. The molecule has 1 unspecified atom stereocenters. The van der Waals surface area contributed by atoms with Gasteiger partial charge in [0, 0.05) is 25.7 Å². The topological polar surface area (TPSA) is 47.4 Å². The average molecular weight is 301 g/mol. The zero-order valence-electron chi connectivity index (χ0n) is 13.5. The molecular weight excluding hydrogens is 278 g/mol. The van der Waals surface area contributed by atoms with E-state index in [-0.39, 0.29) is 18.1 Å². The van der Waals surface area contributed by atoms with E-state index >= 15 is 0 Å². The highest BCUT2D eigenvalue weighted by atomic mass is 16.5. The lowest BCUT2D eigenvalue weighted by atomic mass is 10.1. The molecule has 0 radical (unpaired) electrons. The molecule has 1 aromatic carbocycles. The van der Waals surface area contributed by atoms with Gasteiger partial charge in [-0.3, -0.25) is 4.79 Å². The van der Waals surface area contributed by atoms with Crippen molar-refractivity contribution in [1.82, 2.24) is 14.5 Å². The molecule has 0 aliphatic carbocycles. The van der Waals surface area contributed by atoms with Crippen molar-refractivity contribution in [1.29, 1.82) is 0 Å². The molecule has 0 saturated carbocycles. The minimum absolute atomic E-state index is 0.0737. The summed E-state index contributed by atoms with van der Waals surface area (Å²) in [5, 5.41) is 0. The maximum atomic E-state index is 12.7. The molecule has 1 fully saturated rings. The van der Waals surface area contributed by atoms with Crippen molar-refractivity contribution < 1.29 is 9.53 Å². The molecule has 3 rings (SSSR count). The second kappa shape index (κ2) is 6.08. The van der Waals surface area contributed by atoms with Crippen LogP contribution in [0.3, 0.4) is 0 Å². The molecule has 1 aromatic heterocycles. The van der Waals surface area contributed by atoms with Crippen molar-refractivity contribution in [2.24, 2.45) is 7.05 Å². The third kappa shape index (κ3) is 2.99. The summed E-state index contributed by atoms with van der Waals surface area (Å²) in [7, 11) is 1.95. The third-order valence-electron chi connectivity index (χ3n) is 4.10. The lowest BCUT2D eigenvalue weighted by molar-refractivity contribution is -0.0287. The number of imidazole rings is 1. The van der Waals surface area contributed by atoms with Crippen LogP contribution >= 0.6 is 0 Å². The van der Waals surface area contributed by atoms with Gasteiger partial charge >= 0.3 is 0 Å². The molecule has 0 spiro atoms. The van der Waals surface area contributed by atoms with Crippen LogP contribution in [0, 0.1) is 0 Å². The molecule has 5 heteroatoms. The maximum absolute atomic E-state index is 12.7. The monoisotopic (exact) mass is 301 g/mol. The van der Waals surface area contributed by atoms with Crippen LogP contribution in [0.5, 0.6) is 0 Å². The van der Waals surface area contributed by atoms with Gasteiger partial charge in [0.2, 0.25) is 0 Å². The first kappa shape index (κ1) is 15.0. The Balaban J connectivity index is 1.76. The molecule has 1 atom stereocenters. The van der Waals surface area contributed by atoms with E-state index in [4.69, 9.17) is 4.74 Å². The van der Waals surface area contributed by atoms with Crippen LogP contribution in [0.15, 0.2) is 24.5 Å². The van der Waals surface area contributed by atoms with Crippen molar-refractivity contribution in [2.75, 3.05) is 13.1 Å². The van der Waals surface area contributed by atoms with Gasteiger partial charge < -0.3 is 14.2 Å². The Bertz CT molecular complexity index is 678. The molecule has 22 heavy (non-hydrogen) atoms. The van der Waals surface area contributed by atoms with Crippen molar-refractivity contribution in [2.45, 2.75) is 38.9 Å². The number of amides is 1. The smallest absolute Gasteiger partial charge is 0.254 e. The highest BCUT2D eigenvalue weighted by Crippen LogP contribution is 2.19. The quantitative estimate of drug-likeness (QED) is 0.875. The van der Waals surface area contributed by atoms with E-state index in [1.54, 1.807) is 6.33 Å². The van der Waals surface area contributed by atoms with Crippen LogP contribution in [0.25, 0.3) is 11.0 Å². The molecule has 0 N–H and O–H groups in total. The molecule has 0 bridgehead atoms. The summed E-state index contributed by atoms with van der Waals surface area (Å²) in [4.78, 5) is 18.9. The molecule has 2 aromatic rings. The van der Waals surface area contributed by atoms with E-state index in [1.165, 1.54) is 0 Å². The van der Waals surface area contributed by atoms with Crippen LogP contribution in [0.2, 0.25) is 0 Å². The number of hydrogen-bond donors (Lipinski definition) is 0. The molecule has 1 saturated heterocycles. The number of piperidine rings is 1. The average Bonchev–Trinajstić information content (AvgIpc) is 2.87.